The van der Waals surface area contributed by atoms with Crippen LogP contribution in [0.4, 0.5) is 0 Å². The lowest BCUT2D eigenvalue weighted by Gasteiger charge is -2.22. The molecule has 0 unspecified atom stereocenters. The molecule has 0 bridgehead atoms. The number of ether oxygens (including phenoxy) is 1. The average Bonchev–Trinajstić information content (AvgIpc) is 2.76. The number of hydrogen-bond donors (Lipinski definition) is 1. The Balaban J connectivity index is 1.83. The van der Waals surface area contributed by atoms with Crippen LogP contribution in [-0.2, 0) is 11.3 Å². The lowest BCUT2D eigenvalue weighted by molar-refractivity contribution is 0.0999. The molecule has 19 heavy (non-hydrogen) atoms. The van der Waals surface area contributed by atoms with Gasteiger partial charge in [-0.05, 0) is 44.0 Å². The van der Waals surface area contributed by atoms with Gasteiger partial charge in [0, 0.05) is 30.5 Å². The molecule has 0 aromatic carbocycles. The van der Waals surface area contributed by atoms with Crippen molar-refractivity contribution >= 4 is 11.8 Å². The molecule has 0 aliphatic carbocycles. The molecule has 1 aromatic rings. The summed E-state index contributed by atoms with van der Waals surface area (Å²) in [6.07, 6.45) is 2.16. The first kappa shape index (κ1) is 14.7. The zero-order valence-corrected chi connectivity index (χ0v) is 12.7. The van der Waals surface area contributed by atoms with Crippen LogP contribution in [0.25, 0.3) is 0 Å². The molecule has 1 saturated heterocycles. The predicted molar refractivity (Wildman–Crippen MR) is 75.3 cm³/mol. The van der Waals surface area contributed by atoms with Crippen LogP contribution in [0, 0.1) is 0 Å². The van der Waals surface area contributed by atoms with Crippen LogP contribution in [0.5, 0.6) is 0 Å². The molecule has 1 aliphatic heterocycles. The summed E-state index contributed by atoms with van der Waals surface area (Å²) in [5.41, 5.74) is 0.127. The zero-order valence-electron chi connectivity index (χ0n) is 11.9. The summed E-state index contributed by atoms with van der Waals surface area (Å²) in [6, 6.07) is 0. The van der Waals surface area contributed by atoms with Crippen molar-refractivity contribution in [3.63, 3.8) is 0 Å². The number of nitrogens with zero attached hydrogens (tertiary/aromatic N) is 4. The Morgan fingerprint density at radius 2 is 2.11 bits per heavy atom. The highest BCUT2D eigenvalue weighted by Gasteiger charge is 2.18. The van der Waals surface area contributed by atoms with Gasteiger partial charge in [0.05, 0.1) is 6.54 Å². The second-order valence-corrected chi connectivity index (χ2v) is 7.06. The van der Waals surface area contributed by atoms with Gasteiger partial charge < -0.3 is 10.1 Å². The molecular weight excluding hydrogens is 262 g/mol. The Morgan fingerprint density at radius 1 is 1.37 bits per heavy atom. The Hall–Kier alpha value is -0.660. The first-order valence-electron chi connectivity index (χ1n) is 6.80. The van der Waals surface area contributed by atoms with E-state index in [-0.39, 0.29) is 5.54 Å². The van der Waals surface area contributed by atoms with E-state index >= 15 is 0 Å². The van der Waals surface area contributed by atoms with Crippen molar-refractivity contribution in [2.24, 2.45) is 0 Å². The molecule has 7 heteroatoms. The van der Waals surface area contributed by atoms with E-state index in [2.05, 4.69) is 41.6 Å². The Kier molecular flexibility index (Phi) is 5.18. The van der Waals surface area contributed by atoms with Crippen molar-refractivity contribution in [2.75, 3.05) is 19.8 Å². The predicted octanol–water partition coefficient (Wildman–Crippen LogP) is 1.33. The monoisotopic (exact) mass is 285 g/mol. The van der Waals surface area contributed by atoms with E-state index in [1.807, 2.05) is 4.68 Å². The number of nitrogens with one attached hydrogen (secondary N) is 1. The third kappa shape index (κ3) is 5.08. The Bertz CT molecular complexity index is 384. The summed E-state index contributed by atoms with van der Waals surface area (Å²) in [7, 11) is 0. The standard InChI is InChI=1S/C12H23N5OS/c1-12(2,3)13-6-7-17-11(14-15-16-17)19-10-4-8-18-9-5-10/h10,13H,4-9H2,1-3H3. The van der Waals surface area contributed by atoms with E-state index in [4.69, 9.17) is 4.74 Å². The van der Waals surface area contributed by atoms with Crippen molar-refractivity contribution in [2.45, 2.75) is 56.1 Å². The quantitative estimate of drug-likeness (QED) is 0.880. The SMILES string of the molecule is CC(C)(C)NCCn1nnnc1SC1CCOCC1. The third-order valence-electron chi connectivity index (χ3n) is 2.92. The van der Waals surface area contributed by atoms with Crippen molar-refractivity contribution in [1.29, 1.82) is 0 Å². The van der Waals surface area contributed by atoms with Gasteiger partial charge in [-0.1, -0.05) is 11.8 Å². The summed E-state index contributed by atoms with van der Waals surface area (Å²) in [5, 5.41) is 16.9. The van der Waals surface area contributed by atoms with Gasteiger partial charge in [-0.15, -0.1) is 5.10 Å². The fraction of sp³-hybridized carbons (Fsp3) is 0.917. The summed E-state index contributed by atoms with van der Waals surface area (Å²) in [5.74, 6) is 0. The van der Waals surface area contributed by atoms with Crippen LogP contribution in [0.3, 0.4) is 0 Å². The zero-order chi connectivity index (χ0) is 13.7. The van der Waals surface area contributed by atoms with Gasteiger partial charge in [0.1, 0.15) is 0 Å². The minimum absolute atomic E-state index is 0.127. The Labute approximate surface area is 118 Å². The summed E-state index contributed by atoms with van der Waals surface area (Å²) in [6.45, 7) is 9.85. The highest BCUT2D eigenvalue weighted by atomic mass is 32.2. The van der Waals surface area contributed by atoms with E-state index < -0.39 is 0 Å². The minimum atomic E-state index is 0.127. The molecule has 1 N–H and O–H groups in total. The molecule has 2 rings (SSSR count). The van der Waals surface area contributed by atoms with Crippen molar-refractivity contribution in [3.8, 4) is 0 Å². The van der Waals surface area contributed by atoms with E-state index in [1.165, 1.54) is 0 Å². The van der Waals surface area contributed by atoms with Crippen LogP contribution < -0.4 is 5.32 Å². The van der Waals surface area contributed by atoms with Gasteiger partial charge in [-0.3, -0.25) is 0 Å². The summed E-state index contributed by atoms with van der Waals surface area (Å²) >= 11 is 1.77. The fourth-order valence-corrected chi connectivity index (χ4v) is 2.96. The molecule has 0 spiro atoms. The van der Waals surface area contributed by atoms with E-state index in [0.717, 1.165) is 44.3 Å². The van der Waals surface area contributed by atoms with Gasteiger partial charge in [0.15, 0.2) is 0 Å². The molecule has 1 fully saturated rings. The van der Waals surface area contributed by atoms with E-state index in [9.17, 15) is 0 Å². The first-order chi connectivity index (χ1) is 9.04. The molecule has 0 radical (unpaired) electrons. The van der Waals surface area contributed by atoms with Crippen molar-refractivity contribution in [3.05, 3.63) is 0 Å². The Morgan fingerprint density at radius 3 is 2.79 bits per heavy atom. The maximum atomic E-state index is 5.37. The topological polar surface area (TPSA) is 64.9 Å². The number of hydrogen-bond acceptors (Lipinski definition) is 6. The fourth-order valence-electron chi connectivity index (χ4n) is 1.90. The minimum Gasteiger partial charge on any atom is -0.381 e. The normalized spacial score (nSPS) is 17.8. The van der Waals surface area contributed by atoms with Gasteiger partial charge in [-0.25, -0.2) is 4.68 Å². The van der Waals surface area contributed by atoms with Crippen LogP contribution >= 0.6 is 11.8 Å². The van der Waals surface area contributed by atoms with Gasteiger partial charge in [0.25, 0.3) is 0 Å². The van der Waals surface area contributed by atoms with E-state index in [0.29, 0.717) is 5.25 Å². The highest BCUT2D eigenvalue weighted by Crippen LogP contribution is 2.27. The number of rotatable bonds is 5. The molecule has 1 aliphatic rings. The third-order valence-corrected chi connectivity index (χ3v) is 4.23. The van der Waals surface area contributed by atoms with Gasteiger partial charge in [-0.2, -0.15) is 0 Å². The molecule has 2 heterocycles. The molecule has 0 amide bonds. The highest BCUT2D eigenvalue weighted by molar-refractivity contribution is 7.99. The van der Waals surface area contributed by atoms with Gasteiger partial charge >= 0.3 is 0 Å². The van der Waals surface area contributed by atoms with Crippen LogP contribution in [-0.4, -0.2) is 50.8 Å². The molecule has 0 saturated carbocycles. The number of tetrazole rings is 1. The molecule has 6 nitrogen and oxygen atoms in total. The number of thioether (sulfide) groups is 1. The maximum absolute atomic E-state index is 5.37. The number of aromatic nitrogens is 4. The summed E-state index contributed by atoms with van der Waals surface area (Å²) in [4.78, 5) is 0. The van der Waals surface area contributed by atoms with Crippen LogP contribution in [0.1, 0.15) is 33.6 Å². The molecule has 1 aromatic heterocycles. The van der Waals surface area contributed by atoms with Crippen molar-refractivity contribution < 1.29 is 4.74 Å². The maximum Gasteiger partial charge on any atom is 0.209 e. The van der Waals surface area contributed by atoms with Gasteiger partial charge in [0.2, 0.25) is 5.16 Å². The smallest absolute Gasteiger partial charge is 0.209 e. The van der Waals surface area contributed by atoms with Crippen LogP contribution in [0.2, 0.25) is 0 Å². The second-order valence-electron chi connectivity index (χ2n) is 5.79. The largest absolute Gasteiger partial charge is 0.381 e. The first-order valence-corrected chi connectivity index (χ1v) is 7.68. The lowest BCUT2D eigenvalue weighted by Crippen LogP contribution is -2.38. The summed E-state index contributed by atoms with van der Waals surface area (Å²) < 4.78 is 7.26. The average molecular weight is 285 g/mol. The molecular formula is C12H23N5OS. The van der Waals surface area contributed by atoms with E-state index in [1.54, 1.807) is 11.8 Å². The molecule has 108 valence electrons. The van der Waals surface area contributed by atoms with Crippen molar-refractivity contribution in [1.82, 2.24) is 25.5 Å². The lowest BCUT2D eigenvalue weighted by atomic mass is 10.1. The second kappa shape index (κ2) is 6.67. The van der Waals surface area contributed by atoms with Crippen LogP contribution in [0.15, 0.2) is 5.16 Å². The molecule has 0 atom stereocenters.